The van der Waals surface area contributed by atoms with Crippen LogP contribution in [0.25, 0.3) is 0 Å². The first-order valence-corrected chi connectivity index (χ1v) is 7.18. The van der Waals surface area contributed by atoms with E-state index in [2.05, 4.69) is 31.5 Å². The number of thiazole rings is 1. The van der Waals surface area contributed by atoms with Gasteiger partial charge < -0.3 is 10.1 Å². The van der Waals surface area contributed by atoms with Crippen molar-refractivity contribution in [2.45, 2.75) is 38.6 Å². The maximum atomic E-state index is 5.52. The Morgan fingerprint density at radius 1 is 1.59 bits per heavy atom. The van der Waals surface area contributed by atoms with Gasteiger partial charge in [-0.1, -0.05) is 13.8 Å². The molecule has 0 bridgehead atoms. The Kier molecular flexibility index (Phi) is 3.85. The van der Waals surface area contributed by atoms with Crippen molar-refractivity contribution in [3.05, 3.63) is 16.1 Å². The number of nitrogens with one attached hydrogen (secondary N) is 1. The van der Waals surface area contributed by atoms with Crippen LogP contribution < -0.4 is 5.32 Å². The average molecular weight is 254 g/mol. The molecule has 0 spiro atoms. The van der Waals surface area contributed by atoms with E-state index in [9.17, 15) is 0 Å². The van der Waals surface area contributed by atoms with Gasteiger partial charge in [0.25, 0.3) is 0 Å². The topological polar surface area (TPSA) is 34.2 Å². The smallest absolute Gasteiger partial charge is 0.113 e. The molecular weight excluding hydrogens is 232 g/mol. The minimum atomic E-state index is -0.0473. The first-order valence-electron chi connectivity index (χ1n) is 6.30. The van der Waals surface area contributed by atoms with E-state index in [0.29, 0.717) is 11.8 Å². The maximum Gasteiger partial charge on any atom is 0.113 e. The van der Waals surface area contributed by atoms with Gasteiger partial charge in [0, 0.05) is 17.9 Å². The summed E-state index contributed by atoms with van der Waals surface area (Å²) in [5.74, 6) is 1.03. The fraction of sp³-hybridized carbons (Fsp3) is 0.769. The molecule has 1 aliphatic rings. The summed E-state index contributed by atoms with van der Waals surface area (Å²) in [6.45, 7) is 8.34. The first kappa shape index (κ1) is 13.0. The third kappa shape index (κ3) is 2.39. The zero-order valence-corrected chi connectivity index (χ0v) is 11.9. The largest absolute Gasteiger partial charge is 0.381 e. The van der Waals surface area contributed by atoms with E-state index in [-0.39, 0.29) is 5.54 Å². The van der Waals surface area contributed by atoms with Crippen molar-refractivity contribution >= 4 is 11.3 Å². The molecule has 2 unspecified atom stereocenters. The third-order valence-corrected chi connectivity index (χ3v) is 4.92. The normalized spacial score (nSPS) is 24.2. The van der Waals surface area contributed by atoms with Gasteiger partial charge in [-0.3, -0.25) is 0 Å². The summed E-state index contributed by atoms with van der Waals surface area (Å²) in [4.78, 5) is 4.80. The molecule has 0 saturated carbocycles. The molecule has 2 atom stereocenters. The highest BCUT2D eigenvalue weighted by Gasteiger charge is 2.39. The first-order chi connectivity index (χ1) is 8.08. The van der Waals surface area contributed by atoms with Gasteiger partial charge in [0.1, 0.15) is 5.01 Å². The second kappa shape index (κ2) is 5.04. The Hall–Kier alpha value is -0.450. The van der Waals surface area contributed by atoms with Gasteiger partial charge in [-0.2, -0.15) is 0 Å². The number of aromatic nitrogens is 1. The Morgan fingerprint density at radius 2 is 2.35 bits per heavy atom. The van der Waals surface area contributed by atoms with Crippen LogP contribution >= 0.6 is 11.3 Å². The fourth-order valence-corrected chi connectivity index (χ4v) is 3.49. The highest BCUT2D eigenvalue weighted by molar-refractivity contribution is 7.09. The second-order valence-corrected chi connectivity index (χ2v) is 6.10. The minimum absolute atomic E-state index is 0.0473. The zero-order chi connectivity index (χ0) is 12.5. The highest BCUT2D eigenvalue weighted by atomic mass is 32.1. The van der Waals surface area contributed by atoms with E-state index in [4.69, 9.17) is 9.72 Å². The molecule has 1 N–H and O–H groups in total. The molecule has 0 radical (unpaired) electrons. The molecular formula is C13H22N2OS. The maximum absolute atomic E-state index is 5.52. The minimum Gasteiger partial charge on any atom is -0.381 e. The van der Waals surface area contributed by atoms with E-state index in [1.54, 1.807) is 11.3 Å². The predicted molar refractivity (Wildman–Crippen MR) is 71.5 cm³/mol. The molecule has 1 aliphatic heterocycles. The fourth-order valence-electron chi connectivity index (χ4n) is 2.27. The molecule has 0 aromatic carbocycles. The van der Waals surface area contributed by atoms with Gasteiger partial charge in [-0.25, -0.2) is 4.98 Å². The molecule has 17 heavy (non-hydrogen) atoms. The number of ether oxygens (including phenoxy) is 1. The van der Waals surface area contributed by atoms with Crippen molar-refractivity contribution in [2.24, 2.45) is 5.92 Å². The molecule has 3 nitrogen and oxygen atoms in total. The van der Waals surface area contributed by atoms with E-state index >= 15 is 0 Å². The lowest BCUT2D eigenvalue weighted by Gasteiger charge is -2.32. The standard InChI is InChI=1S/C13H22N2OS/c1-9(2)11-8-17-12(15-11)13(3,14-4)10-5-6-16-7-10/h8-10,14H,5-7H2,1-4H3. The van der Waals surface area contributed by atoms with Crippen LogP contribution in [0.1, 0.15) is 43.8 Å². The molecule has 4 heteroatoms. The van der Waals surface area contributed by atoms with Crippen molar-refractivity contribution in [1.82, 2.24) is 10.3 Å². The van der Waals surface area contributed by atoms with Gasteiger partial charge in [0.15, 0.2) is 0 Å². The van der Waals surface area contributed by atoms with Gasteiger partial charge in [-0.15, -0.1) is 11.3 Å². The van der Waals surface area contributed by atoms with E-state index in [1.165, 1.54) is 10.7 Å². The number of hydrogen-bond acceptors (Lipinski definition) is 4. The quantitative estimate of drug-likeness (QED) is 0.897. The molecule has 0 amide bonds. The summed E-state index contributed by atoms with van der Waals surface area (Å²) in [7, 11) is 2.02. The monoisotopic (exact) mass is 254 g/mol. The van der Waals surface area contributed by atoms with Crippen LogP contribution in [-0.4, -0.2) is 25.2 Å². The third-order valence-electron chi connectivity index (χ3n) is 3.82. The second-order valence-electron chi connectivity index (χ2n) is 5.25. The highest BCUT2D eigenvalue weighted by Crippen LogP contribution is 2.36. The summed E-state index contributed by atoms with van der Waals surface area (Å²) in [6.07, 6.45) is 1.12. The number of nitrogens with zero attached hydrogens (tertiary/aromatic N) is 1. The Labute approximate surface area is 108 Å². The van der Waals surface area contributed by atoms with Crippen LogP contribution in [-0.2, 0) is 10.3 Å². The van der Waals surface area contributed by atoms with Crippen LogP contribution in [0.3, 0.4) is 0 Å². The molecule has 96 valence electrons. The molecule has 2 rings (SSSR count). The summed E-state index contributed by atoms with van der Waals surface area (Å²) in [5.41, 5.74) is 1.15. The van der Waals surface area contributed by atoms with Crippen LogP contribution in [0.2, 0.25) is 0 Å². The molecule has 1 saturated heterocycles. The lowest BCUT2D eigenvalue weighted by Crippen LogP contribution is -2.44. The van der Waals surface area contributed by atoms with Gasteiger partial charge in [0.2, 0.25) is 0 Å². The predicted octanol–water partition coefficient (Wildman–Crippen LogP) is 2.74. The van der Waals surface area contributed by atoms with E-state index < -0.39 is 0 Å². The van der Waals surface area contributed by atoms with Crippen molar-refractivity contribution in [3.8, 4) is 0 Å². The molecule has 1 fully saturated rings. The lowest BCUT2D eigenvalue weighted by molar-refractivity contribution is 0.156. The zero-order valence-electron chi connectivity index (χ0n) is 11.1. The molecule has 1 aromatic rings. The summed E-state index contributed by atoms with van der Waals surface area (Å²) in [5, 5.41) is 6.84. The van der Waals surface area contributed by atoms with Gasteiger partial charge >= 0.3 is 0 Å². The molecule has 1 aromatic heterocycles. The summed E-state index contributed by atoms with van der Waals surface area (Å²) < 4.78 is 5.52. The van der Waals surface area contributed by atoms with Crippen LogP contribution in [0.4, 0.5) is 0 Å². The summed E-state index contributed by atoms with van der Waals surface area (Å²) >= 11 is 1.77. The van der Waals surface area contributed by atoms with Crippen LogP contribution in [0.15, 0.2) is 5.38 Å². The van der Waals surface area contributed by atoms with Crippen molar-refractivity contribution in [3.63, 3.8) is 0 Å². The SMILES string of the molecule is CNC(C)(c1nc(C(C)C)cs1)C1CCOC1. The lowest BCUT2D eigenvalue weighted by atomic mass is 9.85. The molecule has 2 heterocycles. The Morgan fingerprint density at radius 3 is 2.82 bits per heavy atom. The van der Waals surface area contributed by atoms with Gasteiger partial charge in [-0.05, 0) is 26.3 Å². The van der Waals surface area contributed by atoms with Crippen LogP contribution in [0.5, 0.6) is 0 Å². The Bertz CT molecular complexity index is 371. The van der Waals surface area contributed by atoms with Crippen LogP contribution in [0, 0.1) is 5.92 Å². The van der Waals surface area contributed by atoms with Crippen molar-refractivity contribution < 1.29 is 4.74 Å². The van der Waals surface area contributed by atoms with E-state index in [0.717, 1.165) is 19.6 Å². The average Bonchev–Trinajstić information content (AvgIpc) is 2.98. The summed E-state index contributed by atoms with van der Waals surface area (Å²) in [6, 6.07) is 0. The van der Waals surface area contributed by atoms with Gasteiger partial charge in [0.05, 0.1) is 17.8 Å². The number of hydrogen-bond donors (Lipinski definition) is 1. The molecule has 0 aliphatic carbocycles. The number of rotatable bonds is 4. The van der Waals surface area contributed by atoms with Crippen molar-refractivity contribution in [1.29, 1.82) is 0 Å². The van der Waals surface area contributed by atoms with E-state index in [1.807, 2.05) is 7.05 Å². The Balaban J connectivity index is 2.26. The van der Waals surface area contributed by atoms with Crippen molar-refractivity contribution in [2.75, 3.05) is 20.3 Å².